The molecular weight excluding hydrogens is 346 g/mol. The van der Waals surface area contributed by atoms with Crippen LogP contribution in [0.1, 0.15) is 80.5 Å². The Bertz CT molecular complexity index is 691. The minimum Gasteiger partial charge on any atom is -0.393 e. The lowest BCUT2D eigenvalue weighted by atomic mass is 9.85. The van der Waals surface area contributed by atoms with E-state index in [4.69, 9.17) is 4.52 Å². The molecule has 0 aromatic carbocycles. The Labute approximate surface area is 159 Å². The lowest BCUT2D eigenvalue weighted by Crippen LogP contribution is -2.52. The third kappa shape index (κ3) is 4.18. The van der Waals surface area contributed by atoms with Crippen LogP contribution in [-0.2, 0) is 4.79 Å². The van der Waals surface area contributed by atoms with Crippen molar-refractivity contribution in [2.24, 2.45) is 5.92 Å². The van der Waals surface area contributed by atoms with Gasteiger partial charge in [0, 0.05) is 36.5 Å². The van der Waals surface area contributed by atoms with Crippen molar-refractivity contribution in [2.75, 3.05) is 6.54 Å². The quantitative estimate of drug-likeness (QED) is 0.841. The molecule has 2 atom stereocenters. The summed E-state index contributed by atoms with van der Waals surface area (Å²) >= 11 is 0. The molecule has 1 unspecified atom stereocenters. The highest BCUT2D eigenvalue weighted by atomic mass is 16.5. The first-order valence-corrected chi connectivity index (χ1v) is 10.3. The van der Waals surface area contributed by atoms with Gasteiger partial charge in [0.2, 0.25) is 5.91 Å². The van der Waals surface area contributed by atoms with Crippen molar-refractivity contribution < 1.29 is 19.2 Å². The van der Waals surface area contributed by atoms with Gasteiger partial charge in [-0.3, -0.25) is 9.59 Å². The summed E-state index contributed by atoms with van der Waals surface area (Å²) in [6.45, 7) is 2.71. The predicted octanol–water partition coefficient (Wildman–Crippen LogP) is 2.21. The lowest BCUT2D eigenvalue weighted by Gasteiger charge is -2.40. The molecule has 3 fully saturated rings. The summed E-state index contributed by atoms with van der Waals surface area (Å²) in [4.78, 5) is 27.2. The number of hydrogen-bond acceptors (Lipinski definition) is 5. The monoisotopic (exact) mass is 375 g/mol. The number of rotatable bonds is 4. The Morgan fingerprint density at radius 3 is 2.59 bits per heavy atom. The zero-order chi connectivity index (χ0) is 19.0. The fourth-order valence-electron chi connectivity index (χ4n) is 4.40. The Balaban J connectivity index is 1.28. The van der Waals surface area contributed by atoms with Crippen molar-refractivity contribution in [2.45, 2.75) is 82.4 Å². The number of aliphatic hydroxyl groups excluding tert-OH is 1. The number of aliphatic hydroxyl groups is 1. The van der Waals surface area contributed by atoms with Crippen LogP contribution in [0.3, 0.4) is 0 Å². The van der Waals surface area contributed by atoms with E-state index in [9.17, 15) is 14.7 Å². The maximum absolute atomic E-state index is 12.8. The van der Waals surface area contributed by atoms with Crippen molar-refractivity contribution in [3.05, 3.63) is 17.5 Å². The summed E-state index contributed by atoms with van der Waals surface area (Å²) in [6.07, 6.45) is 6.47. The summed E-state index contributed by atoms with van der Waals surface area (Å²) < 4.78 is 5.26. The topological polar surface area (TPSA) is 95.7 Å². The first kappa shape index (κ1) is 18.5. The molecule has 2 saturated carbocycles. The van der Waals surface area contributed by atoms with Crippen molar-refractivity contribution in [3.8, 4) is 0 Å². The molecule has 4 rings (SSSR count). The molecule has 3 aliphatic rings. The molecule has 1 aromatic heterocycles. The first-order chi connectivity index (χ1) is 13.0. The van der Waals surface area contributed by atoms with E-state index in [2.05, 4.69) is 17.4 Å². The van der Waals surface area contributed by atoms with Gasteiger partial charge in [0.1, 0.15) is 5.76 Å². The molecule has 2 aliphatic carbocycles. The largest absolute Gasteiger partial charge is 0.393 e. The van der Waals surface area contributed by atoms with Crippen LogP contribution in [0.2, 0.25) is 0 Å². The minimum absolute atomic E-state index is 0.0398. The number of likely N-dealkylation sites (tertiary alicyclic amines) is 1. The van der Waals surface area contributed by atoms with E-state index < -0.39 is 0 Å². The van der Waals surface area contributed by atoms with E-state index in [-0.39, 0.29) is 35.9 Å². The standard InChI is InChI=1S/C20H29N3O4/c1-12-10-15(21-19(25)17-11-18(27-22-17)13-2-3-13)8-9-23(12)20(26)14-4-6-16(24)7-5-14/h11-16,24H,2-10H2,1H3,(H,21,25)/t12-,14?,15?,16?/m1/s1. The molecule has 0 bridgehead atoms. The van der Waals surface area contributed by atoms with E-state index >= 15 is 0 Å². The smallest absolute Gasteiger partial charge is 0.273 e. The molecule has 2 amide bonds. The van der Waals surface area contributed by atoms with Crippen LogP contribution in [0.4, 0.5) is 0 Å². The molecule has 1 saturated heterocycles. The molecule has 0 spiro atoms. The molecule has 148 valence electrons. The zero-order valence-corrected chi connectivity index (χ0v) is 15.9. The van der Waals surface area contributed by atoms with E-state index in [1.54, 1.807) is 6.07 Å². The SMILES string of the molecule is C[C@@H]1CC(NC(=O)c2cc(C3CC3)on2)CCN1C(=O)C1CCC(O)CC1. The molecular formula is C20H29N3O4. The van der Waals surface area contributed by atoms with Gasteiger partial charge in [-0.05, 0) is 58.3 Å². The van der Waals surface area contributed by atoms with Crippen molar-refractivity contribution in [1.29, 1.82) is 0 Å². The summed E-state index contributed by atoms with van der Waals surface area (Å²) in [5, 5.41) is 16.6. The van der Waals surface area contributed by atoms with Gasteiger partial charge in [-0.25, -0.2) is 0 Å². The first-order valence-electron chi connectivity index (χ1n) is 10.3. The minimum atomic E-state index is -0.246. The third-order valence-corrected chi connectivity index (χ3v) is 6.28. The van der Waals surface area contributed by atoms with E-state index in [1.165, 1.54) is 0 Å². The fraction of sp³-hybridized carbons (Fsp3) is 0.750. The van der Waals surface area contributed by atoms with Gasteiger partial charge >= 0.3 is 0 Å². The zero-order valence-electron chi connectivity index (χ0n) is 15.9. The third-order valence-electron chi connectivity index (χ3n) is 6.28. The highest BCUT2D eigenvalue weighted by Gasteiger charge is 2.35. The molecule has 1 aromatic rings. The highest BCUT2D eigenvalue weighted by Crippen LogP contribution is 2.40. The van der Waals surface area contributed by atoms with Gasteiger partial charge in [-0.1, -0.05) is 5.16 Å². The second-order valence-corrected chi connectivity index (χ2v) is 8.47. The Morgan fingerprint density at radius 1 is 1.19 bits per heavy atom. The molecule has 2 N–H and O–H groups in total. The number of amides is 2. The molecule has 2 heterocycles. The lowest BCUT2D eigenvalue weighted by molar-refractivity contribution is -0.140. The average Bonchev–Trinajstić information content (AvgIpc) is 3.38. The van der Waals surface area contributed by atoms with Crippen LogP contribution in [0.25, 0.3) is 0 Å². The van der Waals surface area contributed by atoms with Crippen molar-refractivity contribution in [1.82, 2.24) is 15.4 Å². The molecule has 7 heteroatoms. The summed E-state index contributed by atoms with van der Waals surface area (Å²) in [6, 6.07) is 1.90. The van der Waals surface area contributed by atoms with Gasteiger partial charge in [0.05, 0.1) is 6.10 Å². The summed E-state index contributed by atoms with van der Waals surface area (Å²) in [5.74, 6) is 1.31. The van der Waals surface area contributed by atoms with Gasteiger partial charge in [-0.15, -0.1) is 0 Å². The Kier molecular flexibility index (Phi) is 5.21. The Morgan fingerprint density at radius 2 is 1.93 bits per heavy atom. The molecule has 1 aliphatic heterocycles. The average molecular weight is 375 g/mol. The normalized spacial score (nSPS) is 31.6. The predicted molar refractivity (Wildman–Crippen MR) is 98.1 cm³/mol. The highest BCUT2D eigenvalue weighted by molar-refractivity contribution is 5.92. The summed E-state index contributed by atoms with van der Waals surface area (Å²) in [5.41, 5.74) is 0.351. The van der Waals surface area contributed by atoms with Gasteiger partial charge in [0.25, 0.3) is 5.91 Å². The maximum Gasteiger partial charge on any atom is 0.273 e. The van der Waals surface area contributed by atoms with Gasteiger partial charge in [-0.2, -0.15) is 0 Å². The van der Waals surface area contributed by atoms with Gasteiger partial charge < -0.3 is 19.8 Å². The van der Waals surface area contributed by atoms with E-state index in [0.29, 0.717) is 18.2 Å². The molecule has 27 heavy (non-hydrogen) atoms. The second-order valence-electron chi connectivity index (χ2n) is 8.47. The van der Waals surface area contributed by atoms with Crippen LogP contribution < -0.4 is 5.32 Å². The van der Waals surface area contributed by atoms with Crippen LogP contribution in [-0.4, -0.2) is 51.7 Å². The Hall–Kier alpha value is -1.89. The number of aromatic nitrogens is 1. The number of piperidine rings is 1. The van der Waals surface area contributed by atoms with Crippen LogP contribution >= 0.6 is 0 Å². The number of nitrogens with zero attached hydrogens (tertiary/aromatic N) is 2. The number of nitrogens with one attached hydrogen (secondary N) is 1. The molecule has 0 radical (unpaired) electrons. The second kappa shape index (κ2) is 7.62. The van der Waals surface area contributed by atoms with Crippen LogP contribution in [0.5, 0.6) is 0 Å². The fourth-order valence-corrected chi connectivity index (χ4v) is 4.40. The number of hydrogen-bond donors (Lipinski definition) is 2. The van der Waals surface area contributed by atoms with Gasteiger partial charge in [0.15, 0.2) is 5.69 Å². The van der Waals surface area contributed by atoms with Crippen molar-refractivity contribution in [3.63, 3.8) is 0 Å². The van der Waals surface area contributed by atoms with Crippen molar-refractivity contribution >= 4 is 11.8 Å². The maximum atomic E-state index is 12.8. The van der Waals surface area contributed by atoms with Crippen LogP contribution in [0.15, 0.2) is 10.6 Å². The summed E-state index contributed by atoms with van der Waals surface area (Å²) in [7, 11) is 0. The number of carbonyl (C=O) groups excluding carboxylic acids is 2. The van der Waals surface area contributed by atoms with E-state index in [0.717, 1.165) is 57.1 Å². The van der Waals surface area contributed by atoms with Crippen LogP contribution in [0, 0.1) is 5.92 Å². The number of carbonyl (C=O) groups is 2. The molecule has 7 nitrogen and oxygen atoms in total. The van der Waals surface area contributed by atoms with E-state index in [1.807, 2.05) is 4.90 Å².